The number of rotatable bonds is 11. The zero-order valence-electron chi connectivity index (χ0n) is 13.7. The van der Waals surface area contributed by atoms with Gasteiger partial charge >= 0.3 is 0 Å². The first-order valence-corrected chi connectivity index (χ1v) is 7.76. The molecule has 1 N–H and O–H groups in total. The van der Waals surface area contributed by atoms with Gasteiger partial charge in [0, 0.05) is 0 Å². The Morgan fingerprint density at radius 1 is 1.26 bits per heavy atom. The van der Waals surface area contributed by atoms with Gasteiger partial charge in [-0.25, -0.2) is 0 Å². The predicted octanol–water partition coefficient (Wildman–Crippen LogP) is 4.57. The van der Waals surface area contributed by atoms with Crippen molar-refractivity contribution in [3.63, 3.8) is 0 Å². The van der Waals surface area contributed by atoms with Gasteiger partial charge in [0.25, 0.3) is 0 Å². The van der Waals surface area contributed by atoms with Crippen molar-refractivity contribution in [2.75, 3.05) is 13.2 Å². The standard InChI is InChI=1S/C17H34O2/c1-7-9-16(15(4)8-2)11-10-14(3)12-19-13-17(5,6)18/h15-16,18H,3,7-13H2,1-2,4-6H3. The molecule has 0 amide bonds. The van der Waals surface area contributed by atoms with Gasteiger partial charge < -0.3 is 9.84 Å². The monoisotopic (exact) mass is 270 g/mol. The molecule has 0 aliphatic carbocycles. The molecule has 0 spiro atoms. The number of aliphatic hydroxyl groups is 1. The van der Waals surface area contributed by atoms with Crippen molar-refractivity contribution in [2.45, 2.75) is 72.3 Å². The van der Waals surface area contributed by atoms with E-state index in [-0.39, 0.29) is 0 Å². The molecule has 0 rings (SSSR count). The molecule has 2 atom stereocenters. The summed E-state index contributed by atoms with van der Waals surface area (Å²) >= 11 is 0. The third-order valence-electron chi connectivity index (χ3n) is 3.74. The molecule has 114 valence electrons. The summed E-state index contributed by atoms with van der Waals surface area (Å²) in [6.07, 6.45) is 6.09. The van der Waals surface area contributed by atoms with E-state index in [1.807, 2.05) is 0 Å². The van der Waals surface area contributed by atoms with E-state index in [0.717, 1.165) is 23.8 Å². The van der Waals surface area contributed by atoms with Crippen molar-refractivity contribution in [3.8, 4) is 0 Å². The zero-order valence-corrected chi connectivity index (χ0v) is 13.7. The average Bonchev–Trinajstić information content (AvgIpc) is 2.31. The molecular formula is C17H34O2. The molecule has 0 fully saturated rings. The lowest BCUT2D eigenvalue weighted by atomic mass is 9.84. The van der Waals surface area contributed by atoms with Gasteiger partial charge in [-0.2, -0.15) is 0 Å². The molecule has 0 saturated carbocycles. The first-order chi connectivity index (χ1) is 8.80. The summed E-state index contributed by atoms with van der Waals surface area (Å²) in [6, 6.07) is 0. The number of hydrogen-bond donors (Lipinski definition) is 1. The van der Waals surface area contributed by atoms with Gasteiger partial charge in [0.05, 0.1) is 18.8 Å². The normalized spacial score (nSPS) is 15.3. The van der Waals surface area contributed by atoms with Crippen LogP contribution in [0.5, 0.6) is 0 Å². The third kappa shape index (κ3) is 10.1. The van der Waals surface area contributed by atoms with E-state index >= 15 is 0 Å². The van der Waals surface area contributed by atoms with E-state index in [1.165, 1.54) is 25.7 Å². The van der Waals surface area contributed by atoms with Crippen molar-refractivity contribution in [1.29, 1.82) is 0 Å². The zero-order chi connectivity index (χ0) is 14.9. The molecule has 0 saturated heterocycles. The van der Waals surface area contributed by atoms with Gasteiger partial charge in [0.15, 0.2) is 0 Å². The van der Waals surface area contributed by atoms with Gasteiger partial charge in [0.1, 0.15) is 0 Å². The van der Waals surface area contributed by atoms with Crippen LogP contribution in [-0.2, 0) is 4.74 Å². The van der Waals surface area contributed by atoms with E-state index in [1.54, 1.807) is 13.8 Å². The van der Waals surface area contributed by atoms with Gasteiger partial charge in [-0.05, 0) is 38.5 Å². The molecule has 0 bridgehead atoms. The Hall–Kier alpha value is -0.340. The first kappa shape index (κ1) is 18.7. The summed E-state index contributed by atoms with van der Waals surface area (Å²) < 4.78 is 5.49. The second-order valence-corrected chi connectivity index (χ2v) is 6.53. The topological polar surface area (TPSA) is 29.5 Å². The summed E-state index contributed by atoms with van der Waals surface area (Å²) in [5, 5.41) is 9.57. The van der Waals surface area contributed by atoms with E-state index in [0.29, 0.717) is 13.2 Å². The lowest BCUT2D eigenvalue weighted by Gasteiger charge is -2.23. The van der Waals surface area contributed by atoms with Crippen LogP contribution in [0.2, 0.25) is 0 Å². The maximum absolute atomic E-state index is 9.57. The lowest BCUT2D eigenvalue weighted by molar-refractivity contribution is -0.0146. The third-order valence-corrected chi connectivity index (χ3v) is 3.74. The van der Waals surface area contributed by atoms with Crippen LogP contribution in [0.3, 0.4) is 0 Å². The molecule has 0 aromatic rings. The van der Waals surface area contributed by atoms with E-state index in [2.05, 4.69) is 27.4 Å². The minimum atomic E-state index is -0.748. The van der Waals surface area contributed by atoms with Crippen molar-refractivity contribution >= 4 is 0 Å². The SMILES string of the molecule is C=C(CCC(CCC)C(C)CC)COCC(C)(C)O. The fourth-order valence-corrected chi connectivity index (χ4v) is 2.32. The largest absolute Gasteiger partial charge is 0.388 e. The van der Waals surface area contributed by atoms with Crippen molar-refractivity contribution in [3.05, 3.63) is 12.2 Å². The van der Waals surface area contributed by atoms with E-state index < -0.39 is 5.60 Å². The van der Waals surface area contributed by atoms with Gasteiger partial charge in [-0.3, -0.25) is 0 Å². The molecule has 0 heterocycles. The minimum absolute atomic E-state index is 0.371. The Labute approximate surface area is 120 Å². The molecule has 0 aromatic heterocycles. The van der Waals surface area contributed by atoms with Crippen LogP contribution in [0.15, 0.2) is 12.2 Å². The summed E-state index contributed by atoms with van der Waals surface area (Å²) in [5.41, 5.74) is 0.399. The highest BCUT2D eigenvalue weighted by molar-refractivity contribution is 4.95. The maximum atomic E-state index is 9.57. The maximum Gasteiger partial charge on any atom is 0.0824 e. The molecular weight excluding hydrogens is 236 g/mol. The average molecular weight is 270 g/mol. The van der Waals surface area contributed by atoms with Gasteiger partial charge in [-0.1, -0.05) is 52.2 Å². The van der Waals surface area contributed by atoms with Crippen LogP contribution in [0.4, 0.5) is 0 Å². The van der Waals surface area contributed by atoms with Crippen LogP contribution in [0, 0.1) is 11.8 Å². The second kappa shape index (κ2) is 9.55. The molecule has 2 nitrogen and oxygen atoms in total. The Bertz CT molecular complexity index is 240. The fourth-order valence-electron chi connectivity index (χ4n) is 2.32. The minimum Gasteiger partial charge on any atom is -0.388 e. The number of ether oxygens (including phenoxy) is 1. The Kier molecular flexibility index (Phi) is 9.38. The molecule has 0 aliphatic heterocycles. The molecule has 0 aliphatic rings. The number of hydrogen-bond acceptors (Lipinski definition) is 2. The summed E-state index contributed by atoms with van der Waals surface area (Å²) in [7, 11) is 0. The van der Waals surface area contributed by atoms with Gasteiger partial charge in [0.2, 0.25) is 0 Å². The van der Waals surface area contributed by atoms with Crippen molar-refractivity contribution < 1.29 is 9.84 Å². The van der Waals surface area contributed by atoms with Crippen LogP contribution in [0.1, 0.15) is 66.7 Å². The summed E-state index contributed by atoms with van der Waals surface area (Å²) in [4.78, 5) is 0. The molecule has 19 heavy (non-hydrogen) atoms. The summed E-state index contributed by atoms with van der Waals surface area (Å²) in [5.74, 6) is 1.60. The highest BCUT2D eigenvalue weighted by Crippen LogP contribution is 2.26. The predicted molar refractivity (Wildman–Crippen MR) is 83.3 cm³/mol. The molecule has 2 heteroatoms. The van der Waals surface area contributed by atoms with Crippen LogP contribution < -0.4 is 0 Å². The van der Waals surface area contributed by atoms with Crippen molar-refractivity contribution in [1.82, 2.24) is 0 Å². The van der Waals surface area contributed by atoms with Crippen molar-refractivity contribution in [2.24, 2.45) is 11.8 Å². The second-order valence-electron chi connectivity index (χ2n) is 6.53. The highest BCUT2D eigenvalue weighted by Gasteiger charge is 2.16. The lowest BCUT2D eigenvalue weighted by Crippen LogP contribution is -2.26. The summed E-state index contributed by atoms with van der Waals surface area (Å²) in [6.45, 7) is 15.4. The Morgan fingerprint density at radius 3 is 2.37 bits per heavy atom. The molecule has 0 aromatic carbocycles. The quantitative estimate of drug-likeness (QED) is 0.557. The van der Waals surface area contributed by atoms with Gasteiger partial charge in [-0.15, -0.1) is 0 Å². The highest BCUT2D eigenvalue weighted by atomic mass is 16.5. The smallest absolute Gasteiger partial charge is 0.0824 e. The van der Waals surface area contributed by atoms with E-state index in [9.17, 15) is 5.11 Å². The Morgan fingerprint density at radius 2 is 1.89 bits per heavy atom. The molecule has 0 radical (unpaired) electrons. The van der Waals surface area contributed by atoms with Crippen LogP contribution in [0.25, 0.3) is 0 Å². The van der Waals surface area contributed by atoms with Crippen LogP contribution >= 0.6 is 0 Å². The fraction of sp³-hybridized carbons (Fsp3) is 0.882. The Balaban J connectivity index is 3.92. The van der Waals surface area contributed by atoms with E-state index in [4.69, 9.17) is 4.74 Å². The van der Waals surface area contributed by atoms with Crippen LogP contribution in [-0.4, -0.2) is 23.9 Å². The molecule has 2 unspecified atom stereocenters. The first-order valence-electron chi connectivity index (χ1n) is 7.76.